The Labute approximate surface area is 121 Å². The van der Waals surface area contributed by atoms with Gasteiger partial charge in [-0.1, -0.05) is 0 Å². The van der Waals surface area contributed by atoms with Crippen molar-refractivity contribution >= 4 is 0 Å². The maximum Gasteiger partial charge on any atom is 0.411 e. The van der Waals surface area contributed by atoms with Crippen molar-refractivity contribution in [2.75, 3.05) is 41.0 Å². The molecule has 1 rings (SSSR count). The Bertz CT molecular complexity index is 435. The number of rotatable bonds is 8. The Kier molecular flexibility index (Phi) is 6.43. The Morgan fingerprint density at radius 1 is 1.43 bits per heavy atom. The second-order valence-electron chi connectivity index (χ2n) is 4.86. The fraction of sp³-hybridized carbons (Fsp3) is 0.750. The molecule has 6 nitrogen and oxygen atoms in total. The molecule has 0 spiro atoms. The van der Waals surface area contributed by atoms with Crippen molar-refractivity contribution in [2.24, 2.45) is 5.73 Å². The van der Waals surface area contributed by atoms with Crippen LogP contribution in [0.5, 0.6) is 5.75 Å². The van der Waals surface area contributed by atoms with Gasteiger partial charge in [0.25, 0.3) is 0 Å². The van der Waals surface area contributed by atoms with Crippen LogP contribution >= 0.6 is 0 Å². The van der Waals surface area contributed by atoms with E-state index in [0.717, 1.165) is 0 Å². The third kappa shape index (κ3) is 5.90. The number of alkyl halides is 3. The molecule has 1 heterocycles. The van der Waals surface area contributed by atoms with Crippen molar-refractivity contribution in [3.05, 3.63) is 11.9 Å². The monoisotopic (exact) mass is 310 g/mol. The third-order valence-electron chi connectivity index (χ3n) is 2.74. The van der Waals surface area contributed by atoms with E-state index in [4.69, 9.17) is 10.5 Å². The average Bonchev–Trinajstić information content (AvgIpc) is 2.77. The Morgan fingerprint density at radius 3 is 2.62 bits per heavy atom. The van der Waals surface area contributed by atoms with Crippen molar-refractivity contribution in [2.45, 2.75) is 18.8 Å². The van der Waals surface area contributed by atoms with Gasteiger partial charge >= 0.3 is 6.18 Å². The normalized spacial score (nSPS) is 13.7. The van der Waals surface area contributed by atoms with Crippen molar-refractivity contribution in [1.29, 1.82) is 0 Å². The lowest BCUT2D eigenvalue weighted by molar-refractivity contribution is -0.175. The van der Waals surface area contributed by atoms with E-state index in [-0.39, 0.29) is 6.61 Å². The highest BCUT2D eigenvalue weighted by molar-refractivity contribution is 5.28. The molecule has 0 amide bonds. The summed E-state index contributed by atoms with van der Waals surface area (Å²) in [6.07, 6.45) is -2.87. The topological polar surface area (TPSA) is 65.5 Å². The summed E-state index contributed by atoms with van der Waals surface area (Å²) in [5.74, 6) is 0.442. The highest BCUT2D eigenvalue weighted by Crippen LogP contribution is 2.24. The molecule has 2 N–H and O–H groups in total. The molecule has 0 fully saturated rings. The highest BCUT2D eigenvalue weighted by atomic mass is 19.4. The maximum absolute atomic E-state index is 12.1. The van der Waals surface area contributed by atoms with E-state index >= 15 is 0 Å². The van der Waals surface area contributed by atoms with Crippen LogP contribution in [0, 0.1) is 0 Å². The van der Waals surface area contributed by atoms with Gasteiger partial charge in [-0.05, 0) is 14.1 Å². The molecule has 1 unspecified atom stereocenters. The number of methoxy groups -OCH3 is 1. The fourth-order valence-electron chi connectivity index (χ4n) is 1.76. The van der Waals surface area contributed by atoms with Crippen molar-refractivity contribution < 1.29 is 22.6 Å². The molecule has 0 saturated carbocycles. The zero-order valence-corrected chi connectivity index (χ0v) is 12.4. The van der Waals surface area contributed by atoms with Crippen LogP contribution in [0.4, 0.5) is 13.2 Å². The predicted molar refractivity (Wildman–Crippen MR) is 71.1 cm³/mol. The lowest BCUT2D eigenvalue weighted by Gasteiger charge is -2.18. The van der Waals surface area contributed by atoms with Crippen LogP contribution in [0.2, 0.25) is 0 Å². The quantitative estimate of drug-likeness (QED) is 0.777. The molecule has 0 bridgehead atoms. The number of ether oxygens (including phenoxy) is 2. The van der Waals surface area contributed by atoms with Gasteiger partial charge in [-0.3, -0.25) is 4.68 Å². The summed E-state index contributed by atoms with van der Waals surface area (Å²) in [6.45, 7) is -0.314. The number of nitrogens with zero attached hydrogens (tertiary/aromatic N) is 3. The van der Waals surface area contributed by atoms with Crippen LogP contribution in [0.1, 0.15) is 11.7 Å². The van der Waals surface area contributed by atoms with Crippen LogP contribution in [0.15, 0.2) is 6.20 Å². The molecule has 0 saturated heterocycles. The van der Waals surface area contributed by atoms with Gasteiger partial charge in [-0.2, -0.15) is 18.3 Å². The lowest BCUT2D eigenvalue weighted by Crippen LogP contribution is -2.27. The van der Waals surface area contributed by atoms with Crippen LogP contribution in [0.25, 0.3) is 0 Å². The summed E-state index contributed by atoms with van der Waals surface area (Å²) >= 11 is 0. The first kappa shape index (κ1) is 17.7. The van der Waals surface area contributed by atoms with Gasteiger partial charge < -0.3 is 20.1 Å². The van der Waals surface area contributed by atoms with Gasteiger partial charge in [-0.15, -0.1) is 0 Å². The molecule has 1 aromatic rings. The Morgan fingerprint density at radius 2 is 2.10 bits per heavy atom. The zero-order valence-electron chi connectivity index (χ0n) is 12.4. The molecule has 0 aliphatic rings. The van der Waals surface area contributed by atoms with Gasteiger partial charge in [0.15, 0.2) is 5.75 Å². The van der Waals surface area contributed by atoms with Gasteiger partial charge in [0, 0.05) is 6.54 Å². The number of aromatic nitrogens is 2. The zero-order chi connectivity index (χ0) is 16.0. The van der Waals surface area contributed by atoms with E-state index in [9.17, 15) is 13.2 Å². The van der Waals surface area contributed by atoms with Crippen molar-refractivity contribution in [1.82, 2.24) is 14.7 Å². The maximum atomic E-state index is 12.1. The average molecular weight is 310 g/mol. The van der Waals surface area contributed by atoms with Crippen LogP contribution in [-0.2, 0) is 11.3 Å². The third-order valence-corrected chi connectivity index (χ3v) is 2.74. The molecular weight excluding hydrogens is 289 g/mol. The number of nitrogens with two attached hydrogens (primary N) is 1. The van der Waals surface area contributed by atoms with E-state index in [1.165, 1.54) is 13.3 Å². The smallest absolute Gasteiger partial charge is 0.411 e. The molecule has 0 radical (unpaired) electrons. The summed E-state index contributed by atoms with van der Waals surface area (Å²) in [6, 6.07) is -0.744. The van der Waals surface area contributed by atoms with Crippen LogP contribution in [-0.4, -0.2) is 61.8 Å². The molecule has 1 atom stereocenters. The number of hydrogen-bond acceptors (Lipinski definition) is 5. The Balaban J connectivity index is 2.71. The Hall–Kier alpha value is -1.32. The van der Waals surface area contributed by atoms with E-state index in [1.807, 2.05) is 19.0 Å². The van der Waals surface area contributed by atoms with Crippen LogP contribution < -0.4 is 10.5 Å². The first-order chi connectivity index (χ1) is 9.74. The molecule has 122 valence electrons. The van der Waals surface area contributed by atoms with E-state index in [0.29, 0.717) is 24.5 Å². The lowest BCUT2D eigenvalue weighted by atomic mass is 10.2. The van der Waals surface area contributed by atoms with Gasteiger partial charge in [0.1, 0.15) is 6.61 Å². The molecule has 0 aliphatic heterocycles. The minimum Gasteiger partial charge on any atom is -0.493 e. The fourth-order valence-corrected chi connectivity index (χ4v) is 1.76. The number of halogens is 3. The second kappa shape index (κ2) is 7.62. The van der Waals surface area contributed by atoms with Gasteiger partial charge in [0.05, 0.1) is 38.2 Å². The van der Waals surface area contributed by atoms with Crippen molar-refractivity contribution in [3.8, 4) is 5.75 Å². The summed E-state index contributed by atoms with van der Waals surface area (Å²) in [4.78, 5) is 1.96. The minimum atomic E-state index is -4.37. The molecule has 0 aliphatic carbocycles. The summed E-state index contributed by atoms with van der Waals surface area (Å²) in [5, 5.41) is 4.14. The minimum absolute atomic E-state index is 0.260. The first-order valence-electron chi connectivity index (χ1n) is 6.39. The summed E-state index contributed by atoms with van der Waals surface area (Å²) < 4.78 is 47.6. The van der Waals surface area contributed by atoms with Crippen LogP contribution in [0.3, 0.4) is 0 Å². The number of likely N-dealkylation sites (N-methyl/N-ethyl adjacent to an activating group) is 1. The summed E-state index contributed by atoms with van der Waals surface area (Å²) in [5.41, 5.74) is 6.43. The molecule has 1 aromatic heterocycles. The molecule has 9 heteroatoms. The standard InChI is InChI=1S/C12H21F3N4O2/c1-18(2)4-5-19-11(10(20-3)6-17-19)9(16)7-21-8-12(13,14)15/h6,9H,4-5,7-8,16H2,1-3H3. The van der Waals surface area contributed by atoms with E-state index in [2.05, 4.69) is 9.84 Å². The van der Waals surface area contributed by atoms with Gasteiger partial charge in [-0.25, -0.2) is 0 Å². The molecular formula is C12H21F3N4O2. The predicted octanol–water partition coefficient (Wildman–Crippen LogP) is 1.03. The second-order valence-corrected chi connectivity index (χ2v) is 4.86. The summed E-state index contributed by atoms with van der Waals surface area (Å²) in [7, 11) is 5.28. The highest BCUT2D eigenvalue weighted by Gasteiger charge is 2.28. The SMILES string of the molecule is COc1cnn(CCN(C)C)c1C(N)COCC(F)(F)F. The molecule has 21 heavy (non-hydrogen) atoms. The van der Waals surface area contributed by atoms with Crippen molar-refractivity contribution in [3.63, 3.8) is 0 Å². The number of hydrogen-bond donors (Lipinski definition) is 1. The largest absolute Gasteiger partial charge is 0.493 e. The van der Waals surface area contributed by atoms with Gasteiger partial charge in [0.2, 0.25) is 0 Å². The van der Waals surface area contributed by atoms with E-state index < -0.39 is 18.8 Å². The molecule has 0 aromatic carbocycles. The first-order valence-corrected chi connectivity index (χ1v) is 6.39. The van der Waals surface area contributed by atoms with E-state index in [1.54, 1.807) is 4.68 Å².